The fraction of sp³-hybridized carbons (Fsp3) is 0.571. The molecule has 0 saturated heterocycles. The molecule has 0 aliphatic carbocycles. The summed E-state index contributed by atoms with van der Waals surface area (Å²) in [6.07, 6.45) is 0. The summed E-state index contributed by atoms with van der Waals surface area (Å²) in [6, 6.07) is 11.9. The molecule has 0 fully saturated rings. The molecule has 0 aliphatic heterocycles. The van der Waals surface area contributed by atoms with Gasteiger partial charge in [0, 0.05) is 13.2 Å². The molecule has 1 unspecified atom stereocenters. The molecular formula is C14H24O2Si. The number of benzene rings is 1. The zero-order chi connectivity index (χ0) is 12.5. The van der Waals surface area contributed by atoms with Crippen LogP contribution in [0.2, 0.25) is 6.04 Å². The predicted molar refractivity (Wildman–Crippen MR) is 75.2 cm³/mol. The molecule has 0 heterocycles. The zero-order valence-corrected chi connectivity index (χ0v) is 12.6. The molecule has 0 radical (unpaired) electrons. The molecule has 1 atom stereocenters. The minimum Gasteiger partial charge on any atom is -0.357 e. The van der Waals surface area contributed by atoms with Crippen LogP contribution in [0.4, 0.5) is 0 Å². The summed E-state index contributed by atoms with van der Waals surface area (Å²) in [6.45, 7) is 7.84. The first-order chi connectivity index (χ1) is 8.27. The van der Waals surface area contributed by atoms with Gasteiger partial charge in [0.05, 0.1) is 9.52 Å². The summed E-state index contributed by atoms with van der Waals surface area (Å²) in [4.78, 5) is 0. The quantitative estimate of drug-likeness (QED) is 0.523. The number of rotatable bonds is 8. The molecular weight excluding hydrogens is 228 g/mol. The van der Waals surface area contributed by atoms with Crippen molar-refractivity contribution in [2.24, 2.45) is 0 Å². The van der Waals surface area contributed by atoms with Crippen LogP contribution in [-0.4, -0.2) is 28.6 Å². The van der Waals surface area contributed by atoms with E-state index in [4.69, 9.17) is 9.47 Å². The van der Waals surface area contributed by atoms with E-state index < -0.39 is 0 Å². The minimum atomic E-state index is -0.332. The number of hydrogen-bond acceptors (Lipinski definition) is 2. The molecule has 1 aromatic carbocycles. The normalized spacial score (nSPS) is 13.6. The lowest BCUT2D eigenvalue weighted by Gasteiger charge is -2.19. The van der Waals surface area contributed by atoms with E-state index in [0.717, 1.165) is 13.2 Å². The molecule has 0 N–H and O–H groups in total. The molecule has 17 heavy (non-hydrogen) atoms. The van der Waals surface area contributed by atoms with Gasteiger partial charge in [-0.15, -0.1) is 0 Å². The van der Waals surface area contributed by atoms with Crippen LogP contribution >= 0.6 is 0 Å². The first kappa shape index (κ1) is 14.4. The monoisotopic (exact) mass is 252 g/mol. The Kier molecular flexibility index (Phi) is 7.16. The highest BCUT2D eigenvalue weighted by Crippen LogP contribution is 2.19. The van der Waals surface area contributed by atoms with E-state index in [0.29, 0.717) is 5.92 Å². The SMILES string of the molecule is CCOC(OCC)[SiH2]CC(C)c1ccccc1. The maximum absolute atomic E-state index is 5.61. The maximum atomic E-state index is 5.61. The van der Waals surface area contributed by atoms with E-state index >= 15 is 0 Å². The fourth-order valence-corrected chi connectivity index (χ4v) is 3.83. The van der Waals surface area contributed by atoms with Gasteiger partial charge in [0.2, 0.25) is 0 Å². The maximum Gasteiger partial charge on any atom is 0.134 e. The van der Waals surface area contributed by atoms with Crippen molar-refractivity contribution >= 4 is 9.52 Å². The second-order valence-electron chi connectivity index (χ2n) is 4.23. The van der Waals surface area contributed by atoms with Crippen molar-refractivity contribution in [3.63, 3.8) is 0 Å². The molecule has 2 nitrogen and oxygen atoms in total. The summed E-state index contributed by atoms with van der Waals surface area (Å²) >= 11 is 0. The fourth-order valence-electron chi connectivity index (χ4n) is 1.92. The molecule has 0 saturated carbocycles. The lowest BCUT2D eigenvalue weighted by Crippen LogP contribution is -2.25. The van der Waals surface area contributed by atoms with Crippen molar-refractivity contribution in [2.75, 3.05) is 13.2 Å². The molecule has 0 amide bonds. The molecule has 3 heteroatoms. The van der Waals surface area contributed by atoms with Crippen molar-refractivity contribution in [3.8, 4) is 0 Å². The second kappa shape index (κ2) is 8.45. The van der Waals surface area contributed by atoms with Crippen LogP contribution in [0.1, 0.15) is 32.3 Å². The third kappa shape index (κ3) is 5.48. The van der Waals surface area contributed by atoms with Crippen molar-refractivity contribution in [1.82, 2.24) is 0 Å². The predicted octanol–water partition coefficient (Wildman–Crippen LogP) is 2.73. The van der Waals surface area contributed by atoms with Crippen molar-refractivity contribution in [1.29, 1.82) is 0 Å². The Bertz CT molecular complexity index is 284. The van der Waals surface area contributed by atoms with E-state index in [1.54, 1.807) is 0 Å². The van der Waals surface area contributed by atoms with Gasteiger partial charge in [-0.05, 0) is 25.3 Å². The topological polar surface area (TPSA) is 18.5 Å². The van der Waals surface area contributed by atoms with E-state index in [1.807, 2.05) is 13.8 Å². The van der Waals surface area contributed by atoms with E-state index in [2.05, 4.69) is 37.3 Å². The Hall–Kier alpha value is -0.643. The highest BCUT2D eigenvalue weighted by atomic mass is 28.2. The number of hydrogen-bond donors (Lipinski definition) is 0. The van der Waals surface area contributed by atoms with Crippen molar-refractivity contribution < 1.29 is 9.47 Å². The van der Waals surface area contributed by atoms with Crippen LogP contribution in [-0.2, 0) is 9.47 Å². The molecule has 0 aliphatic rings. The smallest absolute Gasteiger partial charge is 0.134 e. The Labute approximate surface area is 107 Å². The van der Waals surface area contributed by atoms with Gasteiger partial charge in [-0.1, -0.05) is 43.3 Å². The van der Waals surface area contributed by atoms with Crippen LogP contribution in [0.3, 0.4) is 0 Å². The third-order valence-corrected chi connectivity index (χ3v) is 5.05. The first-order valence-corrected chi connectivity index (χ1v) is 8.37. The minimum absolute atomic E-state index is 0.0937. The largest absolute Gasteiger partial charge is 0.357 e. The molecule has 0 spiro atoms. The number of ether oxygens (including phenoxy) is 2. The van der Waals surface area contributed by atoms with Crippen LogP contribution < -0.4 is 0 Å². The van der Waals surface area contributed by atoms with Crippen LogP contribution in [0.5, 0.6) is 0 Å². The highest BCUT2D eigenvalue weighted by Gasteiger charge is 2.12. The third-order valence-electron chi connectivity index (χ3n) is 2.91. The van der Waals surface area contributed by atoms with Gasteiger partial charge in [-0.25, -0.2) is 0 Å². The standard InChI is InChI=1S/C14H24O2Si/c1-4-15-14(16-5-2)17-11-12(3)13-9-7-6-8-10-13/h6-10,12,14H,4-5,11,17H2,1-3H3. The zero-order valence-electron chi connectivity index (χ0n) is 11.2. The summed E-state index contributed by atoms with van der Waals surface area (Å²) in [5, 5.41) is 0. The van der Waals surface area contributed by atoms with Gasteiger partial charge in [-0.2, -0.15) is 0 Å². The van der Waals surface area contributed by atoms with E-state index in [-0.39, 0.29) is 15.4 Å². The highest BCUT2D eigenvalue weighted by molar-refractivity contribution is 6.36. The molecule has 1 rings (SSSR count). The Morgan fingerprint density at radius 2 is 1.65 bits per heavy atom. The summed E-state index contributed by atoms with van der Waals surface area (Å²) in [7, 11) is -0.332. The summed E-state index contributed by atoms with van der Waals surface area (Å²) in [5.74, 6) is 0.711. The van der Waals surface area contributed by atoms with E-state index in [1.165, 1.54) is 11.6 Å². The van der Waals surface area contributed by atoms with Gasteiger partial charge in [-0.3, -0.25) is 0 Å². The molecule has 0 aromatic heterocycles. The summed E-state index contributed by atoms with van der Waals surface area (Å²) in [5.41, 5.74) is 1.42. The summed E-state index contributed by atoms with van der Waals surface area (Å²) < 4.78 is 11.2. The van der Waals surface area contributed by atoms with Gasteiger partial charge < -0.3 is 9.47 Å². The average Bonchev–Trinajstić information content (AvgIpc) is 2.37. The van der Waals surface area contributed by atoms with Gasteiger partial charge in [0.1, 0.15) is 5.91 Å². The van der Waals surface area contributed by atoms with Crippen molar-refractivity contribution in [2.45, 2.75) is 38.6 Å². The molecule has 96 valence electrons. The van der Waals surface area contributed by atoms with Gasteiger partial charge >= 0.3 is 0 Å². The van der Waals surface area contributed by atoms with Gasteiger partial charge in [0.15, 0.2) is 0 Å². The van der Waals surface area contributed by atoms with Crippen LogP contribution in [0, 0.1) is 0 Å². The second-order valence-corrected chi connectivity index (χ2v) is 6.05. The lowest BCUT2D eigenvalue weighted by molar-refractivity contribution is -0.0828. The van der Waals surface area contributed by atoms with E-state index in [9.17, 15) is 0 Å². The lowest BCUT2D eigenvalue weighted by atomic mass is 10.0. The Morgan fingerprint density at radius 1 is 1.06 bits per heavy atom. The molecule has 0 bridgehead atoms. The van der Waals surface area contributed by atoms with Crippen LogP contribution in [0.15, 0.2) is 30.3 Å². The first-order valence-electron chi connectivity index (χ1n) is 6.56. The average molecular weight is 252 g/mol. The van der Waals surface area contributed by atoms with Crippen molar-refractivity contribution in [3.05, 3.63) is 35.9 Å². The van der Waals surface area contributed by atoms with Gasteiger partial charge in [0.25, 0.3) is 0 Å². The van der Waals surface area contributed by atoms with Crippen LogP contribution in [0.25, 0.3) is 0 Å². The Morgan fingerprint density at radius 3 is 2.18 bits per heavy atom. The Balaban J connectivity index is 2.38. The molecule has 1 aromatic rings.